The van der Waals surface area contributed by atoms with E-state index in [1.807, 2.05) is 0 Å². The van der Waals surface area contributed by atoms with Crippen molar-refractivity contribution in [1.29, 1.82) is 0 Å². The monoisotopic (exact) mass is 247 g/mol. The first kappa shape index (κ1) is 16.5. The van der Waals surface area contributed by atoms with E-state index in [4.69, 9.17) is 14.9 Å². The molecule has 101 valence electrons. The van der Waals surface area contributed by atoms with Crippen molar-refractivity contribution in [3.63, 3.8) is 0 Å². The predicted molar refractivity (Wildman–Crippen MR) is 63.3 cm³/mol. The van der Waals surface area contributed by atoms with E-state index in [1.54, 1.807) is 6.29 Å². The number of rotatable bonds is 11. The standard InChI is InChI=1S/C12H23O5/c1-2-3-4-5-6-11(16)12(8-14)17-9-10(15)7-13/h10-13,15-16H,2-7,9H2,1H3. The van der Waals surface area contributed by atoms with Crippen molar-refractivity contribution in [1.82, 2.24) is 0 Å². The Labute approximate surface area is 102 Å². The lowest BCUT2D eigenvalue weighted by molar-refractivity contribution is -0.0501. The van der Waals surface area contributed by atoms with Gasteiger partial charge in [-0.25, -0.2) is 0 Å². The number of hydrogen-bond donors (Lipinski definition) is 3. The number of ether oxygens (including phenoxy) is 1. The van der Waals surface area contributed by atoms with E-state index < -0.39 is 24.9 Å². The van der Waals surface area contributed by atoms with Crippen LogP contribution in [0, 0.1) is 0 Å². The van der Waals surface area contributed by atoms with E-state index in [2.05, 4.69) is 6.92 Å². The molecule has 0 amide bonds. The van der Waals surface area contributed by atoms with Crippen molar-refractivity contribution >= 4 is 6.29 Å². The van der Waals surface area contributed by atoms with Crippen LogP contribution < -0.4 is 0 Å². The highest BCUT2D eigenvalue weighted by molar-refractivity contribution is 5.57. The van der Waals surface area contributed by atoms with E-state index in [1.165, 1.54) is 0 Å². The fourth-order valence-corrected chi connectivity index (χ4v) is 1.42. The third kappa shape index (κ3) is 8.26. The first-order valence-electron chi connectivity index (χ1n) is 6.11. The molecule has 0 saturated carbocycles. The lowest BCUT2D eigenvalue weighted by Crippen LogP contribution is -2.34. The van der Waals surface area contributed by atoms with Gasteiger partial charge in [0.15, 0.2) is 0 Å². The Balaban J connectivity index is 3.78. The molecule has 0 heterocycles. The summed E-state index contributed by atoms with van der Waals surface area (Å²) in [4.78, 5) is 10.6. The second-order valence-corrected chi connectivity index (χ2v) is 4.12. The van der Waals surface area contributed by atoms with Crippen LogP contribution in [0.1, 0.15) is 39.0 Å². The van der Waals surface area contributed by atoms with Gasteiger partial charge in [0, 0.05) is 0 Å². The van der Waals surface area contributed by atoms with Crippen molar-refractivity contribution in [2.45, 2.75) is 57.3 Å². The fraction of sp³-hybridized carbons (Fsp3) is 0.917. The Morgan fingerprint density at radius 1 is 1.24 bits per heavy atom. The van der Waals surface area contributed by atoms with Crippen molar-refractivity contribution in [3.05, 3.63) is 0 Å². The van der Waals surface area contributed by atoms with Crippen LogP contribution in [-0.2, 0) is 9.53 Å². The molecule has 0 aliphatic rings. The van der Waals surface area contributed by atoms with E-state index in [0.29, 0.717) is 6.42 Å². The Morgan fingerprint density at radius 3 is 2.47 bits per heavy atom. The van der Waals surface area contributed by atoms with Crippen LogP contribution in [0.5, 0.6) is 0 Å². The van der Waals surface area contributed by atoms with Gasteiger partial charge in [-0.15, -0.1) is 0 Å². The summed E-state index contributed by atoms with van der Waals surface area (Å²) in [6.07, 6.45) is 3.18. The summed E-state index contributed by atoms with van der Waals surface area (Å²) >= 11 is 0. The smallest absolute Gasteiger partial charge is 0.232 e. The molecule has 0 bridgehead atoms. The highest BCUT2D eigenvalue weighted by Crippen LogP contribution is 2.09. The molecule has 3 N–H and O–H groups in total. The highest BCUT2D eigenvalue weighted by atomic mass is 16.5. The summed E-state index contributed by atoms with van der Waals surface area (Å²) < 4.78 is 4.98. The van der Waals surface area contributed by atoms with Crippen LogP contribution >= 0.6 is 0 Å². The molecule has 0 aromatic carbocycles. The molecule has 0 aliphatic heterocycles. The molecule has 0 spiro atoms. The molecule has 1 radical (unpaired) electrons. The minimum Gasteiger partial charge on any atom is -0.394 e. The molecule has 3 unspecified atom stereocenters. The van der Waals surface area contributed by atoms with Crippen LogP contribution in [0.2, 0.25) is 0 Å². The minimum absolute atomic E-state index is 0.178. The molecule has 0 aromatic heterocycles. The van der Waals surface area contributed by atoms with Crippen LogP contribution in [0.3, 0.4) is 0 Å². The molecule has 5 heteroatoms. The topological polar surface area (TPSA) is 87.0 Å². The van der Waals surface area contributed by atoms with Gasteiger partial charge in [-0.2, -0.15) is 0 Å². The van der Waals surface area contributed by atoms with Gasteiger partial charge in [-0.05, 0) is 6.42 Å². The summed E-state index contributed by atoms with van der Waals surface area (Å²) in [5, 5.41) is 27.3. The quantitative estimate of drug-likeness (QED) is 0.453. The first-order valence-corrected chi connectivity index (χ1v) is 6.11. The maximum atomic E-state index is 10.6. The second-order valence-electron chi connectivity index (χ2n) is 4.12. The van der Waals surface area contributed by atoms with E-state index >= 15 is 0 Å². The molecular formula is C12H23O5. The van der Waals surface area contributed by atoms with Gasteiger partial charge >= 0.3 is 0 Å². The summed E-state index contributed by atoms with van der Waals surface area (Å²) in [7, 11) is 0. The van der Waals surface area contributed by atoms with Gasteiger partial charge < -0.3 is 20.1 Å². The number of aliphatic hydroxyl groups excluding tert-OH is 3. The lowest BCUT2D eigenvalue weighted by atomic mass is 10.1. The number of hydrogen-bond acceptors (Lipinski definition) is 5. The van der Waals surface area contributed by atoms with Gasteiger partial charge in [0.2, 0.25) is 6.29 Å². The second kappa shape index (κ2) is 10.7. The minimum atomic E-state index is -1.04. The first-order chi connectivity index (χ1) is 8.15. The number of unbranched alkanes of at least 4 members (excludes halogenated alkanes) is 3. The highest BCUT2D eigenvalue weighted by Gasteiger charge is 2.20. The van der Waals surface area contributed by atoms with Crippen LogP contribution in [0.25, 0.3) is 0 Å². The van der Waals surface area contributed by atoms with Gasteiger partial charge in [0.25, 0.3) is 0 Å². The Hall–Kier alpha value is -0.490. The largest absolute Gasteiger partial charge is 0.394 e. The Bertz CT molecular complexity index is 186. The average molecular weight is 247 g/mol. The maximum Gasteiger partial charge on any atom is 0.232 e. The summed E-state index contributed by atoms with van der Waals surface area (Å²) in [6.45, 7) is 1.48. The van der Waals surface area contributed by atoms with E-state index in [9.17, 15) is 9.90 Å². The summed E-state index contributed by atoms with van der Waals surface area (Å²) in [6, 6.07) is 0. The van der Waals surface area contributed by atoms with Gasteiger partial charge in [0.1, 0.15) is 12.2 Å². The Morgan fingerprint density at radius 2 is 1.94 bits per heavy atom. The molecule has 0 fully saturated rings. The zero-order valence-electron chi connectivity index (χ0n) is 10.3. The summed E-state index contributed by atoms with van der Waals surface area (Å²) in [5.41, 5.74) is 0. The normalized spacial score (nSPS) is 16.5. The van der Waals surface area contributed by atoms with Crippen molar-refractivity contribution in [3.8, 4) is 0 Å². The van der Waals surface area contributed by atoms with Gasteiger partial charge in [-0.1, -0.05) is 32.6 Å². The number of aliphatic hydroxyl groups is 3. The Kier molecular flexibility index (Phi) is 10.3. The molecule has 0 rings (SSSR count). The third-order valence-corrected chi connectivity index (χ3v) is 2.50. The van der Waals surface area contributed by atoms with Gasteiger partial charge in [-0.3, -0.25) is 4.79 Å². The molecule has 0 aliphatic carbocycles. The zero-order valence-corrected chi connectivity index (χ0v) is 10.3. The summed E-state index contributed by atoms with van der Waals surface area (Å²) in [5.74, 6) is 0. The molecule has 0 aromatic rings. The van der Waals surface area contributed by atoms with Crippen molar-refractivity contribution < 1.29 is 24.9 Å². The van der Waals surface area contributed by atoms with Crippen molar-refractivity contribution in [2.24, 2.45) is 0 Å². The number of carbonyl (C=O) groups excluding carboxylic acids is 1. The molecule has 17 heavy (non-hydrogen) atoms. The molecular weight excluding hydrogens is 224 g/mol. The lowest BCUT2D eigenvalue weighted by Gasteiger charge is -2.18. The molecule has 0 saturated heterocycles. The molecule has 3 atom stereocenters. The maximum absolute atomic E-state index is 10.6. The van der Waals surface area contributed by atoms with E-state index in [-0.39, 0.29) is 6.61 Å². The van der Waals surface area contributed by atoms with Crippen molar-refractivity contribution in [2.75, 3.05) is 13.2 Å². The van der Waals surface area contributed by atoms with Crippen LogP contribution in [0.15, 0.2) is 0 Å². The fourth-order valence-electron chi connectivity index (χ4n) is 1.42. The third-order valence-electron chi connectivity index (χ3n) is 2.50. The van der Waals surface area contributed by atoms with Gasteiger partial charge in [0.05, 0.1) is 19.3 Å². The predicted octanol–water partition coefficient (Wildman–Crippen LogP) is 0.166. The van der Waals surface area contributed by atoms with Crippen LogP contribution in [0.4, 0.5) is 0 Å². The zero-order chi connectivity index (χ0) is 13.1. The average Bonchev–Trinajstić information content (AvgIpc) is 2.35. The SMILES string of the molecule is CCCCCCC(O)C([C]=O)OCC(O)CO. The van der Waals surface area contributed by atoms with E-state index in [0.717, 1.165) is 25.7 Å². The molecule has 5 nitrogen and oxygen atoms in total. The van der Waals surface area contributed by atoms with Crippen LogP contribution in [-0.4, -0.2) is 53.1 Å².